The van der Waals surface area contributed by atoms with Crippen LogP contribution >= 0.6 is 0 Å². The predicted octanol–water partition coefficient (Wildman–Crippen LogP) is -0.336. The van der Waals surface area contributed by atoms with Crippen LogP contribution in [0.1, 0.15) is 11.5 Å². The van der Waals surface area contributed by atoms with Gasteiger partial charge in [0.05, 0.1) is 6.42 Å². The maximum Gasteiger partial charge on any atom is 0.311 e. The minimum Gasteiger partial charge on any atom is -0.481 e. The van der Waals surface area contributed by atoms with Crippen LogP contribution in [-0.2, 0) is 22.4 Å². The zero-order valence-corrected chi connectivity index (χ0v) is 6.65. The molecule has 0 amide bonds. The highest BCUT2D eigenvalue weighted by Crippen LogP contribution is 1.98. The Morgan fingerprint density at radius 1 is 1.31 bits per heavy atom. The van der Waals surface area contributed by atoms with Crippen molar-refractivity contribution >= 4 is 11.9 Å². The van der Waals surface area contributed by atoms with Crippen molar-refractivity contribution in [1.82, 2.24) is 9.97 Å². The average Bonchev–Trinajstić information content (AvgIpc) is 2.33. The summed E-state index contributed by atoms with van der Waals surface area (Å²) in [5.41, 5.74) is 0.406. The molecule has 0 aromatic carbocycles. The smallest absolute Gasteiger partial charge is 0.311 e. The number of nitrogens with zero attached hydrogens (tertiary/aromatic N) is 1. The minimum atomic E-state index is -1.00. The fraction of sp³-hybridized carbons (Fsp3) is 0.286. The molecule has 0 bridgehead atoms. The van der Waals surface area contributed by atoms with E-state index >= 15 is 0 Å². The summed E-state index contributed by atoms with van der Waals surface area (Å²) in [6, 6.07) is 0. The third-order valence-corrected chi connectivity index (χ3v) is 1.34. The standard InChI is InChI=1S/C7H8N2O4/c10-6(11)1-4-3-8-5(9-4)2-7(12)13/h3H,1-2H2,(H,8,9)(H,10,11)(H,12,13). The molecule has 0 aliphatic rings. The van der Waals surface area contributed by atoms with Crippen molar-refractivity contribution in [3.63, 3.8) is 0 Å². The van der Waals surface area contributed by atoms with Crippen molar-refractivity contribution in [3.05, 3.63) is 17.7 Å². The second-order valence-corrected chi connectivity index (χ2v) is 2.50. The molecule has 6 heteroatoms. The lowest BCUT2D eigenvalue weighted by Crippen LogP contribution is -2.03. The molecule has 0 atom stereocenters. The Kier molecular flexibility index (Phi) is 2.63. The van der Waals surface area contributed by atoms with Gasteiger partial charge in [0.2, 0.25) is 0 Å². The summed E-state index contributed by atoms with van der Waals surface area (Å²) in [7, 11) is 0. The Bertz CT molecular complexity index is 300. The van der Waals surface area contributed by atoms with Gasteiger partial charge in [0.1, 0.15) is 12.2 Å². The van der Waals surface area contributed by atoms with Crippen LogP contribution in [0.15, 0.2) is 6.20 Å². The zero-order chi connectivity index (χ0) is 9.84. The number of nitrogens with one attached hydrogen (secondary N) is 1. The fourth-order valence-electron chi connectivity index (χ4n) is 0.892. The van der Waals surface area contributed by atoms with Crippen LogP contribution in [0.4, 0.5) is 0 Å². The lowest BCUT2D eigenvalue weighted by molar-refractivity contribution is -0.137. The number of imidazole rings is 1. The Hall–Kier alpha value is -1.85. The summed E-state index contributed by atoms with van der Waals surface area (Å²) in [4.78, 5) is 26.8. The fourth-order valence-corrected chi connectivity index (χ4v) is 0.892. The molecule has 3 N–H and O–H groups in total. The maximum atomic E-state index is 10.2. The van der Waals surface area contributed by atoms with Gasteiger partial charge in [0, 0.05) is 11.9 Å². The van der Waals surface area contributed by atoms with Gasteiger partial charge in [-0.1, -0.05) is 0 Å². The van der Waals surface area contributed by atoms with Crippen molar-refractivity contribution in [1.29, 1.82) is 0 Å². The Labute approximate surface area is 73.2 Å². The van der Waals surface area contributed by atoms with E-state index in [0.717, 1.165) is 0 Å². The topological polar surface area (TPSA) is 103 Å². The first kappa shape index (κ1) is 9.24. The molecule has 13 heavy (non-hydrogen) atoms. The first-order valence-corrected chi connectivity index (χ1v) is 3.54. The van der Waals surface area contributed by atoms with E-state index in [4.69, 9.17) is 10.2 Å². The monoisotopic (exact) mass is 184 g/mol. The lowest BCUT2D eigenvalue weighted by atomic mass is 10.3. The number of aromatic nitrogens is 2. The molecule has 0 radical (unpaired) electrons. The largest absolute Gasteiger partial charge is 0.481 e. The van der Waals surface area contributed by atoms with Gasteiger partial charge in [-0.25, -0.2) is 4.98 Å². The molecule has 0 spiro atoms. The van der Waals surface area contributed by atoms with Crippen molar-refractivity contribution in [3.8, 4) is 0 Å². The number of hydrogen-bond donors (Lipinski definition) is 3. The summed E-state index contributed by atoms with van der Waals surface area (Å²) < 4.78 is 0. The first-order chi connectivity index (χ1) is 6.08. The lowest BCUT2D eigenvalue weighted by Gasteiger charge is -1.90. The van der Waals surface area contributed by atoms with E-state index in [1.54, 1.807) is 0 Å². The zero-order valence-electron chi connectivity index (χ0n) is 6.65. The number of carbonyl (C=O) groups is 2. The van der Waals surface area contributed by atoms with Gasteiger partial charge >= 0.3 is 11.9 Å². The van der Waals surface area contributed by atoms with Gasteiger partial charge < -0.3 is 15.2 Å². The Balaban J connectivity index is 2.63. The number of carboxylic acid groups (broad SMARTS) is 2. The second kappa shape index (κ2) is 3.70. The number of H-pyrrole nitrogens is 1. The third kappa shape index (κ3) is 2.94. The van der Waals surface area contributed by atoms with Crippen molar-refractivity contribution < 1.29 is 19.8 Å². The average molecular weight is 184 g/mol. The third-order valence-electron chi connectivity index (χ3n) is 1.34. The molecular weight excluding hydrogens is 176 g/mol. The van der Waals surface area contributed by atoms with E-state index < -0.39 is 11.9 Å². The van der Waals surface area contributed by atoms with E-state index in [0.29, 0.717) is 5.69 Å². The normalized spacial score (nSPS) is 9.85. The van der Waals surface area contributed by atoms with Gasteiger partial charge in [-0.15, -0.1) is 0 Å². The van der Waals surface area contributed by atoms with Gasteiger partial charge in [-0.3, -0.25) is 9.59 Å². The second-order valence-electron chi connectivity index (χ2n) is 2.50. The summed E-state index contributed by atoms with van der Waals surface area (Å²) in [5, 5.41) is 16.8. The van der Waals surface area contributed by atoms with E-state index in [-0.39, 0.29) is 18.7 Å². The van der Waals surface area contributed by atoms with Crippen LogP contribution in [0, 0.1) is 0 Å². The molecule has 0 aliphatic heterocycles. The van der Waals surface area contributed by atoms with Crippen LogP contribution in [0.2, 0.25) is 0 Å². The number of hydrogen-bond acceptors (Lipinski definition) is 3. The molecule has 1 aromatic rings. The Morgan fingerprint density at radius 2 is 1.92 bits per heavy atom. The molecule has 70 valence electrons. The number of carboxylic acids is 2. The highest BCUT2D eigenvalue weighted by atomic mass is 16.4. The summed E-state index contributed by atoms with van der Waals surface area (Å²) >= 11 is 0. The number of aliphatic carboxylic acids is 2. The molecule has 0 saturated carbocycles. The quantitative estimate of drug-likeness (QED) is 0.594. The van der Waals surface area contributed by atoms with Gasteiger partial charge in [-0.05, 0) is 0 Å². The van der Waals surface area contributed by atoms with Crippen molar-refractivity contribution in [2.45, 2.75) is 12.8 Å². The van der Waals surface area contributed by atoms with Gasteiger partial charge in [0.15, 0.2) is 0 Å². The molecule has 6 nitrogen and oxygen atoms in total. The molecule has 1 heterocycles. The maximum absolute atomic E-state index is 10.2. The molecule has 1 aromatic heterocycles. The Morgan fingerprint density at radius 3 is 2.46 bits per heavy atom. The van der Waals surface area contributed by atoms with Crippen LogP contribution in [0.5, 0.6) is 0 Å². The first-order valence-electron chi connectivity index (χ1n) is 3.54. The highest BCUT2D eigenvalue weighted by Gasteiger charge is 2.07. The van der Waals surface area contributed by atoms with Crippen molar-refractivity contribution in [2.24, 2.45) is 0 Å². The van der Waals surface area contributed by atoms with Crippen LogP contribution < -0.4 is 0 Å². The van der Waals surface area contributed by atoms with Crippen molar-refractivity contribution in [2.75, 3.05) is 0 Å². The molecule has 0 unspecified atom stereocenters. The SMILES string of the molecule is O=C(O)Cc1cnc(CC(=O)O)[nH]1. The number of rotatable bonds is 4. The number of aromatic amines is 1. The van der Waals surface area contributed by atoms with Crippen LogP contribution in [-0.4, -0.2) is 32.1 Å². The predicted molar refractivity (Wildman–Crippen MR) is 41.3 cm³/mol. The molecule has 0 fully saturated rings. The summed E-state index contributed by atoms with van der Waals surface area (Å²) in [5.74, 6) is -1.72. The van der Waals surface area contributed by atoms with E-state index in [9.17, 15) is 9.59 Å². The molecule has 0 aliphatic carbocycles. The van der Waals surface area contributed by atoms with Gasteiger partial charge in [0.25, 0.3) is 0 Å². The van der Waals surface area contributed by atoms with Crippen LogP contribution in [0.25, 0.3) is 0 Å². The van der Waals surface area contributed by atoms with Crippen LogP contribution in [0.3, 0.4) is 0 Å². The molecule has 1 rings (SSSR count). The molecular formula is C7H8N2O4. The highest BCUT2D eigenvalue weighted by molar-refractivity contribution is 5.70. The minimum absolute atomic E-state index is 0.174. The van der Waals surface area contributed by atoms with Gasteiger partial charge in [-0.2, -0.15) is 0 Å². The summed E-state index contributed by atoms with van der Waals surface area (Å²) in [6.45, 7) is 0. The van der Waals surface area contributed by atoms with E-state index in [1.807, 2.05) is 0 Å². The van der Waals surface area contributed by atoms with E-state index in [2.05, 4.69) is 9.97 Å². The summed E-state index contributed by atoms with van der Waals surface area (Å²) in [6.07, 6.45) is 0.929. The van der Waals surface area contributed by atoms with E-state index in [1.165, 1.54) is 6.20 Å². The molecule has 0 saturated heterocycles.